The van der Waals surface area contributed by atoms with Gasteiger partial charge in [-0.05, 0) is 61.5 Å². The maximum atomic E-state index is 13.3. The molecule has 7 nitrogen and oxygen atoms in total. The number of nitrogens with zero attached hydrogens (tertiary/aromatic N) is 2. The highest BCUT2D eigenvalue weighted by molar-refractivity contribution is 7.10. The third-order valence-corrected chi connectivity index (χ3v) is 8.84. The largest absolute Gasteiger partial charge is 0.492 e. The summed E-state index contributed by atoms with van der Waals surface area (Å²) >= 11 is 1.14. The van der Waals surface area contributed by atoms with E-state index in [0.717, 1.165) is 41.4 Å². The number of halogens is 3. The van der Waals surface area contributed by atoms with Crippen LogP contribution in [0.3, 0.4) is 0 Å². The van der Waals surface area contributed by atoms with Gasteiger partial charge in [0, 0.05) is 40.9 Å². The second-order valence-corrected chi connectivity index (χ2v) is 11.0. The Balaban J connectivity index is 1.18. The minimum Gasteiger partial charge on any atom is -0.492 e. The SMILES string of the molecule is O=C1CCC(N2Cc3cc4c(cc3C2=O)OCC42CCN(Cc3sccc3C(F)(F)F)CC2)C(=O)N1. The van der Waals surface area contributed by atoms with Gasteiger partial charge in [0.1, 0.15) is 11.8 Å². The van der Waals surface area contributed by atoms with Crippen molar-refractivity contribution in [3.63, 3.8) is 0 Å². The second kappa shape index (κ2) is 8.31. The van der Waals surface area contributed by atoms with Gasteiger partial charge >= 0.3 is 6.18 Å². The zero-order chi connectivity index (χ0) is 25.2. The van der Waals surface area contributed by atoms with Crippen LogP contribution in [0.4, 0.5) is 13.2 Å². The lowest BCUT2D eigenvalue weighted by molar-refractivity contribution is -0.138. The summed E-state index contributed by atoms with van der Waals surface area (Å²) in [5.41, 5.74) is 1.59. The van der Waals surface area contributed by atoms with Crippen LogP contribution < -0.4 is 10.1 Å². The highest BCUT2D eigenvalue weighted by Gasteiger charge is 2.46. The molecule has 1 N–H and O–H groups in total. The van der Waals surface area contributed by atoms with E-state index in [9.17, 15) is 27.6 Å². The molecule has 4 aliphatic heterocycles. The Bertz CT molecular complexity index is 1270. The van der Waals surface area contributed by atoms with Gasteiger partial charge in [0.05, 0.1) is 12.2 Å². The van der Waals surface area contributed by atoms with Gasteiger partial charge < -0.3 is 9.64 Å². The van der Waals surface area contributed by atoms with Gasteiger partial charge in [-0.15, -0.1) is 11.3 Å². The van der Waals surface area contributed by atoms with Gasteiger partial charge in [0.25, 0.3) is 5.91 Å². The number of fused-ring (bicyclic) bond motifs is 3. The average molecular weight is 520 g/mol. The predicted molar refractivity (Wildman–Crippen MR) is 123 cm³/mol. The second-order valence-electron chi connectivity index (χ2n) is 10.0. The molecule has 11 heteroatoms. The fourth-order valence-corrected chi connectivity index (χ4v) is 6.83. The fourth-order valence-electron chi connectivity index (χ4n) is 5.89. The molecule has 5 heterocycles. The summed E-state index contributed by atoms with van der Waals surface area (Å²) in [5, 5.41) is 3.80. The quantitative estimate of drug-likeness (QED) is 0.629. The zero-order valence-electron chi connectivity index (χ0n) is 19.3. The van der Waals surface area contributed by atoms with Crippen molar-refractivity contribution in [1.29, 1.82) is 0 Å². The van der Waals surface area contributed by atoms with Crippen LogP contribution in [0.25, 0.3) is 0 Å². The van der Waals surface area contributed by atoms with Crippen molar-refractivity contribution in [3.8, 4) is 5.75 Å². The molecule has 0 saturated carbocycles. The van der Waals surface area contributed by atoms with Gasteiger partial charge in [0.2, 0.25) is 11.8 Å². The summed E-state index contributed by atoms with van der Waals surface area (Å²) < 4.78 is 45.8. The van der Waals surface area contributed by atoms with Crippen molar-refractivity contribution < 1.29 is 32.3 Å². The maximum Gasteiger partial charge on any atom is 0.417 e. The summed E-state index contributed by atoms with van der Waals surface area (Å²) in [5.74, 6) is -0.342. The monoisotopic (exact) mass is 519 g/mol. The van der Waals surface area contributed by atoms with Gasteiger partial charge in [-0.25, -0.2) is 0 Å². The van der Waals surface area contributed by atoms with Crippen LogP contribution in [0.15, 0.2) is 23.6 Å². The summed E-state index contributed by atoms with van der Waals surface area (Å²) in [6.45, 7) is 2.36. The third-order valence-electron chi connectivity index (χ3n) is 7.93. The Kier molecular flexibility index (Phi) is 5.42. The molecule has 6 rings (SSSR count). The number of imide groups is 1. The lowest BCUT2D eigenvalue weighted by Gasteiger charge is -2.38. The van der Waals surface area contributed by atoms with Crippen LogP contribution in [0.2, 0.25) is 0 Å². The van der Waals surface area contributed by atoms with Crippen molar-refractivity contribution in [3.05, 3.63) is 50.7 Å². The van der Waals surface area contributed by atoms with Crippen molar-refractivity contribution in [2.24, 2.45) is 0 Å². The predicted octanol–water partition coefficient (Wildman–Crippen LogP) is 3.45. The van der Waals surface area contributed by atoms with E-state index < -0.39 is 23.7 Å². The Morgan fingerprint density at radius 3 is 2.67 bits per heavy atom. The van der Waals surface area contributed by atoms with Gasteiger partial charge in [-0.1, -0.05) is 0 Å². The molecule has 0 aliphatic carbocycles. The first-order valence-corrected chi connectivity index (χ1v) is 12.8. The van der Waals surface area contributed by atoms with E-state index in [2.05, 4.69) is 10.2 Å². The van der Waals surface area contributed by atoms with E-state index in [1.807, 2.05) is 6.07 Å². The molecule has 1 aromatic heterocycles. The van der Waals surface area contributed by atoms with E-state index in [4.69, 9.17) is 4.74 Å². The number of nitrogens with one attached hydrogen (secondary N) is 1. The molecule has 2 aromatic rings. The molecular weight excluding hydrogens is 495 g/mol. The topological polar surface area (TPSA) is 79.0 Å². The molecule has 2 fully saturated rings. The van der Waals surface area contributed by atoms with Crippen LogP contribution in [-0.4, -0.2) is 53.3 Å². The minimum atomic E-state index is -4.34. The van der Waals surface area contributed by atoms with Crippen molar-refractivity contribution in [1.82, 2.24) is 15.1 Å². The summed E-state index contributed by atoms with van der Waals surface area (Å²) in [6, 6.07) is 4.25. The maximum absolute atomic E-state index is 13.3. The number of carbonyl (C=O) groups excluding carboxylic acids is 3. The number of rotatable bonds is 3. The zero-order valence-corrected chi connectivity index (χ0v) is 20.1. The molecule has 1 spiro atoms. The summed E-state index contributed by atoms with van der Waals surface area (Å²) in [7, 11) is 0. The van der Waals surface area contributed by atoms with E-state index >= 15 is 0 Å². The molecule has 1 aromatic carbocycles. The van der Waals surface area contributed by atoms with E-state index in [0.29, 0.717) is 48.9 Å². The number of piperidine rings is 2. The normalized spacial score (nSPS) is 23.6. The Labute approximate surface area is 209 Å². The molecule has 3 amide bonds. The van der Waals surface area contributed by atoms with Crippen LogP contribution in [0.5, 0.6) is 5.75 Å². The van der Waals surface area contributed by atoms with Gasteiger partial charge in [-0.2, -0.15) is 13.2 Å². The third kappa shape index (κ3) is 3.80. The van der Waals surface area contributed by atoms with E-state index in [1.54, 1.807) is 6.07 Å². The van der Waals surface area contributed by atoms with Crippen LogP contribution >= 0.6 is 11.3 Å². The minimum absolute atomic E-state index is 0.200. The highest BCUT2D eigenvalue weighted by Crippen LogP contribution is 2.48. The van der Waals surface area contributed by atoms with Crippen molar-refractivity contribution in [2.75, 3.05) is 19.7 Å². The number of carbonyl (C=O) groups is 3. The first kappa shape index (κ1) is 23.5. The Morgan fingerprint density at radius 2 is 1.94 bits per heavy atom. The molecule has 1 unspecified atom stereocenters. The first-order valence-electron chi connectivity index (χ1n) is 12.0. The number of amides is 3. The van der Waals surface area contributed by atoms with E-state index in [1.165, 1.54) is 10.3 Å². The van der Waals surface area contributed by atoms with E-state index in [-0.39, 0.29) is 30.2 Å². The lowest BCUT2D eigenvalue weighted by Crippen LogP contribution is -2.52. The number of thiophene rings is 1. The smallest absolute Gasteiger partial charge is 0.417 e. The molecule has 0 bridgehead atoms. The molecule has 36 heavy (non-hydrogen) atoms. The number of hydrogen-bond donors (Lipinski definition) is 1. The first-order chi connectivity index (χ1) is 17.1. The number of benzene rings is 1. The standard InChI is InChI=1S/C25H24F3N3O4S/c26-25(27,28)16-3-8-36-20(16)12-30-6-4-24(5-7-30)13-35-19-10-15-14(9-17(19)24)11-31(23(15)34)18-1-2-21(32)29-22(18)33/h3,8-10,18H,1-2,4-7,11-13H2,(H,29,32,33). The van der Waals surface area contributed by atoms with Crippen LogP contribution in [0, 0.1) is 0 Å². The van der Waals surface area contributed by atoms with Crippen molar-refractivity contribution in [2.45, 2.75) is 56.4 Å². The molecule has 1 atom stereocenters. The number of ether oxygens (including phenoxy) is 1. The van der Waals surface area contributed by atoms with Gasteiger partial charge in [-0.3, -0.25) is 24.6 Å². The number of alkyl halides is 3. The Hall–Kier alpha value is -2.92. The fraction of sp³-hybridized carbons (Fsp3) is 0.480. The average Bonchev–Trinajstić information content (AvgIpc) is 3.52. The van der Waals surface area contributed by atoms with Crippen molar-refractivity contribution >= 4 is 29.1 Å². The van der Waals surface area contributed by atoms with Gasteiger partial charge in [0.15, 0.2) is 0 Å². The highest BCUT2D eigenvalue weighted by atomic mass is 32.1. The summed E-state index contributed by atoms with van der Waals surface area (Å²) in [6.07, 6.45) is -2.34. The van der Waals surface area contributed by atoms with Crippen LogP contribution in [-0.2, 0) is 34.3 Å². The van der Waals surface area contributed by atoms with Crippen LogP contribution in [0.1, 0.15) is 57.6 Å². The lowest BCUT2D eigenvalue weighted by atomic mass is 9.74. The molecule has 0 radical (unpaired) electrons. The molecule has 190 valence electrons. The number of likely N-dealkylation sites (tertiary alicyclic amines) is 1. The Morgan fingerprint density at radius 1 is 1.17 bits per heavy atom. The molecular formula is C25H24F3N3O4S. The summed E-state index contributed by atoms with van der Waals surface area (Å²) in [4.78, 5) is 40.9. The molecule has 2 saturated heterocycles. The molecule has 4 aliphatic rings. The number of hydrogen-bond acceptors (Lipinski definition) is 6.